The highest BCUT2D eigenvalue weighted by Gasteiger charge is 2.24. The first-order valence-electron chi connectivity index (χ1n) is 7.80. The van der Waals surface area contributed by atoms with Crippen LogP contribution in [0.2, 0.25) is 5.02 Å². The summed E-state index contributed by atoms with van der Waals surface area (Å²) in [5.74, 6) is 0.868. The van der Waals surface area contributed by atoms with Gasteiger partial charge >= 0.3 is 0 Å². The Kier molecular flexibility index (Phi) is 4.98. The van der Waals surface area contributed by atoms with E-state index in [9.17, 15) is 4.79 Å². The van der Waals surface area contributed by atoms with Crippen molar-refractivity contribution in [1.29, 1.82) is 0 Å². The van der Waals surface area contributed by atoms with Crippen LogP contribution in [0, 0.1) is 5.92 Å². The largest absolute Gasteiger partial charge is 0.444 e. The number of halogens is 1. The summed E-state index contributed by atoms with van der Waals surface area (Å²) in [6.07, 6.45) is 3.47. The van der Waals surface area contributed by atoms with Crippen molar-refractivity contribution in [3.63, 3.8) is 0 Å². The van der Waals surface area contributed by atoms with E-state index in [1.807, 2.05) is 24.3 Å². The van der Waals surface area contributed by atoms with Gasteiger partial charge in [-0.3, -0.25) is 9.69 Å². The summed E-state index contributed by atoms with van der Waals surface area (Å²) in [7, 11) is 1.70. The van der Waals surface area contributed by atoms with Gasteiger partial charge in [0.05, 0.1) is 5.69 Å². The van der Waals surface area contributed by atoms with Crippen molar-refractivity contribution in [3.8, 4) is 11.5 Å². The van der Waals surface area contributed by atoms with E-state index in [-0.39, 0.29) is 11.8 Å². The second-order valence-electron chi connectivity index (χ2n) is 5.82. The highest BCUT2D eigenvalue weighted by atomic mass is 35.5. The van der Waals surface area contributed by atoms with E-state index in [1.165, 1.54) is 0 Å². The number of benzene rings is 1. The molecule has 5 nitrogen and oxygen atoms in total. The fourth-order valence-electron chi connectivity index (χ4n) is 2.92. The number of piperidine rings is 1. The Labute approximate surface area is 140 Å². The zero-order valence-corrected chi connectivity index (χ0v) is 13.8. The number of aromatic nitrogens is 1. The molecule has 0 spiro atoms. The van der Waals surface area contributed by atoms with Crippen LogP contribution < -0.4 is 5.32 Å². The van der Waals surface area contributed by atoms with E-state index in [0.29, 0.717) is 10.9 Å². The monoisotopic (exact) mass is 333 g/mol. The maximum atomic E-state index is 11.7. The molecule has 1 saturated heterocycles. The molecule has 1 aliphatic heterocycles. The molecule has 2 aromatic rings. The van der Waals surface area contributed by atoms with E-state index < -0.39 is 0 Å². The van der Waals surface area contributed by atoms with Gasteiger partial charge in [-0.25, -0.2) is 4.98 Å². The lowest BCUT2D eigenvalue weighted by Gasteiger charge is -2.30. The number of nitrogens with one attached hydrogen (secondary N) is 1. The van der Waals surface area contributed by atoms with Crippen LogP contribution in [0.15, 0.2) is 34.9 Å². The first-order valence-corrected chi connectivity index (χ1v) is 8.18. The second kappa shape index (κ2) is 7.15. The summed E-state index contributed by atoms with van der Waals surface area (Å²) in [5, 5.41) is 3.39. The minimum atomic E-state index is 0.135. The molecule has 1 N–H and O–H groups in total. The predicted molar refractivity (Wildman–Crippen MR) is 89.0 cm³/mol. The molecule has 1 amide bonds. The van der Waals surface area contributed by atoms with Gasteiger partial charge in [0, 0.05) is 30.1 Å². The van der Waals surface area contributed by atoms with Crippen molar-refractivity contribution >= 4 is 17.5 Å². The Balaban J connectivity index is 1.59. The Morgan fingerprint density at radius 3 is 2.91 bits per heavy atom. The van der Waals surface area contributed by atoms with Crippen LogP contribution in [0.5, 0.6) is 0 Å². The molecule has 0 unspecified atom stereocenters. The summed E-state index contributed by atoms with van der Waals surface area (Å²) in [5.41, 5.74) is 1.78. The van der Waals surface area contributed by atoms with Gasteiger partial charge in [0.25, 0.3) is 0 Å². The summed E-state index contributed by atoms with van der Waals surface area (Å²) < 4.78 is 5.56. The SMILES string of the molecule is CNC(=O)C1CCN(Cc2coc(-c3cccc(Cl)c3)n2)CC1. The molecule has 122 valence electrons. The van der Waals surface area contributed by atoms with E-state index in [2.05, 4.69) is 15.2 Å². The Bertz CT molecular complexity index is 678. The van der Waals surface area contributed by atoms with Gasteiger partial charge in [0.1, 0.15) is 6.26 Å². The van der Waals surface area contributed by atoms with Crippen molar-refractivity contribution in [2.75, 3.05) is 20.1 Å². The Morgan fingerprint density at radius 1 is 1.43 bits per heavy atom. The van der Waals surface area contributed by atoms with Crippen molar-refractivity contribution in [2.24, 2.45) is 5.92 Å². The summed E-state index contributed by atoms with van der Waals surface area (Å²) in [4.78, 5) is 18.5. The molecule has 23 heavy (non-hydrogen) atoms. The predicted octanol–water partition coefficient (Wildman–Crippen LogP) is 2.95. The molecule has 1 aliphatic rings. The van der Waals surface area contributed by atoms with Gasteiger partial charge in [-0.05, 0) is 44.1 Å². The molecule has 0 bridgehead atoms. The lowest BCUT2D eigenvalue weighted by molar-refractivity contribution is -0.125. The average Bonchev–Trinajstić information content (AvgIpc) is 3.03. The summed E-state index contributed by atoms with van der Waals surface area (Å²) >= 11 is 6.00. The molecule has 0 aliphatic carbocycles. The number of carbonyl (C=O) groups excluding carboxylic acids is 1. The number of rotatable bonds is 4. The lowest BCUT2D eigenvalue weighted by atomic mass is 9.96. The quantitative estimate of drug-likeness (QED) is 0.934. The van der Waals surface area contributed by atoms with E-state index in [1.54, 1.807) is 13.3 Å². The molecule has 1 aromatic heterocycles. The van der Waals surface area contributed by atoms with Crippen LogP contribution in [0.4, 0.5) is 0 Å². The van der Waals surface area contributed by atoms with Gasteiger partial charge in [-0.2, -0.15) is 0 Å². The smallest absolute Gasteiger partial charge is 0.226 e. The topological polar surface area (TPSA) is 58.4 Å². The van der Waals surface area contributed by atoms with Crippen LogP contribution in [0.25, 0.3) is 11.5 Å². The van der Waals surface area contributed by atoms with Gasteiger partial charge in [-0.1, -0.05) is 17.7 Å². The van der Waals surface area contributed by atoms with Crippen LogP contribution in [-0.2, 0) is 11.3 Å². The van der Waals surface area contributed by atoms with Crippen LogP contribution in [0.1, 0.15) is 18.5 Å². The molecule has 0 saturated carbocycles. The fraction of sp³-hybridized carbons (Fsp3) is 0.412. The Morgan fingerprint density at radius 2 is 2.22 bits per heavy atom. The number of hydrogen-bond donors (Lipinski definition) is 1. The van der Waals surface area contributed by atoms with E-state index in [0.717, 1.165) is 43.7 Å². The number of amides is 1. The molecular weight excluding hydrogens is 314 g/mol. The van der Waals surface area contributed by atoms with Crippen molar-refractivity contribution in [1.82, 2.24) is 15.2 Å². The minimum absolute atomic E-state index is 0.135. The molecular formula is C17H20ClN3O2. The third-order valence-electron chi connectivity index (χ3n) is 4.21. The summed E-state index contributed by atoms with van der Waals surface area (Å²) in [6.45, 7) is 2.54. The van der Waals surface area contributed by atoms with Gasteiger partial charge in [0.15, 0.2) is 0 Å². The van der Waals surface area contributed by atoms with Crippen molar-refractivity contribution < 1.29 is 9.21 Å². The zero-order valence-electron chi connectivity index (χ0n) is 13.1. The van der Waals surface area contributed by atoms with E-state index in [4.69, 9.17) is 16.0 Å². The first kappa shape index (κ1) is 16.0. The van der Waals surface area contributed by atoms with Gasteiger partial charge in [-0.15, -0.1) is 0 Å². The van der Waals surface area contributed by atoms with Crippen molar-refractivity contribution in [3.05, 3.63) is 41.2 Å². The first-order chi connectivity index (χ1) is 11.2. The fourth-order valence-corrected chi connectivity index (χ4v) is 3.11. The third-order valence-corrected chi connectivity index (χ3v) is 4.45. The van der Waals surface area contributed by atoms with Crippen LogP contribution in [-0.4, -0.2) is 35.9 Å². The number of nitrogens with zero attached hydrogens (tertiary/aromatic N) is 2. The number of carbonyl (C=O) groups is 1. The molecule has 3 rings (SSSR count). The Hall–Kier alpha value is -1.85. The van der Waals surface area contributed by atoms with Crippen LogP contribution >= 0.6 is 11.6 Å². The average molecular weight is 334 g/mol. The molecule has 1 aromatic carbocycles. The van der Waals surface area contributed by atoms with Crippen molar-refractivity contribution in [2.45, 2.75) is 19.4 Å². The zero-order chi connectivity index (χ0) is 16.2. The van der Waals surface area contributed by atoms with E-state index >= 15 is 0 Å². The summed E-state index contributed by atoms with van der Waals surface area (Å²) in [6, 6.07) is 7.47. The maximum absolute atomic E-state index is 11.7. The highest BCUT2D eigenvalue weighted by Crippen LogP contribution is 2.23. The number of hydrogen-bond acceptors (Lipinski definition) is 4. The maximum Gasteiger partial charge on any atom is 0.226 e. The van der Waals surface area contributed by atoms with Crippen LogP contribution in [0.3, 0.4) is 0 Å². The second-order valence-corrected chi connectivity index (χ2v) is 6.26. The van der Waals surface area contributed by atoms with Gasteiger partial charge < -0.3 is 9.73 Å². The number of oxazole rings is 1. The number of likely N-dealkylation sites (tertiary alicyclic amines) is 1. The standard InChI is InChI=1S/C17H20ClN3O2/c1-19-16(22)12-5-7-21(8-6-12)10-15-11-23-17(20-15)13-3-2-4-14(18)9-13/h2-4,9,11-12H,5-8,10H2,1H3,(H,19,22). The third kappa shape index (κ3) is 3.92. The molecule has 6 heteroatoms. The molecule has 2 heterocycles. The van der Waals surface area contributed by atoms with Gasteiger partial charge in [0.2, 0.25) is 11.8 Å². The lowest BCUT2D eigenvalue weighted by Crippen LogP contribution is -2.39. The normalized spacial score (nSPS) is 16.4. The molecule has 0 atom stereocenters. The highest BCUT2D eigenvalue weighted by molar-refractivity contribution is 6.30. The molecule has 0 radical (unpaired) electrons. The minimum Gasteiger partial charge on any atom is -0.444 e. The molecule has 1 fully saturated rings.